The predicted molar refractivity (Wildman–Crippen MR) is 76.5 cm³/mol. The van der Waals surface area contributed by atoms with Gasteiger partial charge in [0.05, 0.1) is 0 Å². The normalized spacial score (nSPS) is 21.1. The highest BCUT2D eigenvalue weighted by atomic mass is 16.2. The predicted octanol–water partition coefficient (Wildman–Crippen LogP) is 2.66. The fourth-order valence-electron chi connectivity index (χ4n) is 3.10. The topological polar surface area (TPSA) is 32.3 Å². The molecule has 1 fully saturated rings. The third kappa shape index (κ3) is 3.25. The van der Waals surface area contributed by atoms with Crippen LogP contribution in [0.1, 0.15) is 53.4 Å². The van der Waals surface area contributed by atoms with E-state index < -0.39 is 0 Å². The van der Waals surface area contributed by atoms with Gasteiger partial charge in [0.15, 0.2) is 0 Å². The lowest BCUT2D eigenvalue weighted by Gasteiger charge is -2.40. The molecule has 0 aromatic rings. The SMILES string of the molecule is CCC(CC)N(C)C(=O)C(C)(C)C1CCCNC1. The second kappa shape index (κ2) is 6.55. The summed E-state index contributed by atoms with van der Waals surface area (Å²) < 4.78 is 0. The third-order valence-electron chi connectivity index (χ3n) is 4.68. The smallest absolute Gasteiger partial charge is 0.228 e. The summed E-state index contributed by atoms with van der Waals surface area (Å²) in [6.07, 6.45) is 4.44. The van der Waals surface area contributed by atoms with Crippen molar-refractivity contribution in [2.75, 3.05) is 20.1 Å². The zero-order chi connectivity index (χ0) is 13.8. The van der Waals surface area contributed by atoms with Crippen LogP contribution in [0, 0.1) is 11.3 Å². The Kier molecular flexibility index (Phi) is 5.64. The van der Waals surface area contributed by atoms with Crippen LogP contribution in [0.5, 0.6) is 0 Å². The summed E-state index contributed by atoms with van der Waals surface area (Å²) in [5.74, 6) is 0.778. The largest absolute Gasteiger partial charge is 0.342 e. The first kappa shape index (κ1) is 15.5. The minimum atomic E-state index is -0.245. The van der Waals surface area contributed by atoms with E-state index in [0.717, 1.165) is 25.9 Å². The summed E-state index contributed by atoms with van der Waals surface area (Å²) in [5.41, 5.74) is -0.245. The molecule has 1 aliphatic rings. The Morgan fingerprint density at radius 1 is 1.39 bits per heavy atom. The van der Waals surface area contributed by atoms with E-state index in [1.807, 2.05) is 11.9 Å². The molecule has 1 amide bonds. The van der Waals surface area contributed by atoms with Crippen LogP contribution in [0.15, 0.2) is 0 Å². The van der Waals surface area contributed by atoms with E-state index in [2.05, 4.69) is 33.0 Å². The van der Waals surface area contributed by atoms with Gasteiger partial charge in [-0.3, -0.25) is 4.79 Å². The molecule has 3 heteroatoms. The van der Waals surface area contributed by atoms with Gasteiger partial charge < -0.3 is 10.2 Å². The highest BCUT2D eigenvalue weighted by molar-refractivity contribution is 5.82. The third-order valence-corrected chi connectivity index (χ3v) is 4.68. The molecule has 1 saturated heterocycles. The van der Waals surface area contributed by atoms with Gasteiger partial charge in [-0.05, 0) is 44.7 Å². The Bertz CT molecular complexity index is 266. The van der Waals surface area contributed by atoms with Gasteiger partial charge in [0.25, 0.3) is 0 Å². The number of hydrogen-bond donors (Lipinski definition) is 1. The van der Waals surface area contributed by atoms with Crippen molar-refractivity contribution in [3.63, 3.8) is 0 Å². The molecule has 0 spiro atoms. The maximum atomic E-state index is 12.7. The van der Waals surface area contributed by atoms with Gasteiger partial charge in [-0.1, -0.05) is 27.7 Å². The molecule has 0 aliphatic carbocycles. The molecular weight excluding hydrogens is 224 g/mol. The van der Waals surface area contributed by atoms with E-state index in [1.54, 1.807) is 0 Å². The van der Waals surface area contributed by atoms with Crippen LogP contribution in [0.2, 0.25) is 0 Å². The molecule has 1 unspecified atom stereocenters. The molecule has 1 aliphatic heterocycles. The van der Waals surface area contributed by atoms with Gasteiger partial charge >= 0.3 is 0 Å². The number of carbonyl (C=O) groups is 1. The minimum absolute atomic E-state index is 0.245. The van der Waals surface area contributed by atoms with Crippen LogP contribution >= 0.6 is 0 Å². The summed E-state index contributed by atoms with van der Waals surface area (Å²) in [5, 5.41) is 3.42. The van der Waals surface area contributed by atoms with Gasteiger partial charge in [-0.2, -0.15) is 0 Å². The highest BCUT2D eigenvalue weighted by Gasteiger charge is 2.39. The number of piperidine rings is 1. The van der Waals surface area contributed by atoms with Crippen molar-refractivity contribution in [1.29, 1.82) is 0 Å². The molecule has 1 N–H and O–H groups in total. The van der Waals surface area contributed by atoms with Crippen LogP contribution in [0.3, 0.4) is 0 Å². The average Bonchev–Trinajstić information content (AvgIpc) is 2.40. The molecule has 3 nitrogen and oxygen atoms in total. The standard InChI is InChI=1S/C15H30N2O/c1-6-13(7-2)17(5)14(18)15(3,4)12-9-8-10-16-11-12/h12-13,16H,6-11H2,1-5H3. The van der Waals surface area contributed by atoms with E-state index in [4.69, 9.17) is 0 Å². The first-order valence-electron chi connectivity index (χ1n) is 7.43. The fraction of sp³-hybridized carbons (Fsp3) is 0.933. The molecule has 1 heterocycles. The molecular formula is C15H30N2O. The quantitative estimate of drug-likeness (QED) is 0.818. The summed E-state index contributed by atoms with van der Waals surface area (Å²) in [4.78, 5) is 14.7. The summed E-state index contributed by atoms with van der Waals surface area (Å²) in [6, 6.07) is 0.383. The van der Waals surface area contributed by atoms with Gasteiger partial charge in [0.2, 0.25) is 5.91 Å². The van der Waals surface area contributed by atoms with Crippen molar-refractivity contribution >= 4 is 5.91 Å². The molecule has 0 aromatic carbocycles. The number of rotatable bonds is 5. The molecule has 1 atom stereocenters. The Morgan fingerprint density at radius 3 is 2.44 bits per heavy atom. The first-order chi connectivity index (χ1) is 8.45. The van der Waals surface area contributed by atoms with Crippen molar-refractivity contribution in [3.05, 3.63) is 0 Å². The van der Waals surface area contributed by atoms with Crippen molar-refractivity contribution in [2.45, 2.75) is 59.4 Å². The van der Waals surface area contributed by atoms with Crippen LogP contribution < -0.4 is 5.32 Å². The van der Waals surface area contributed by atoms with Gasteiger partial charge in [-0.15, -0.1) is 0 Å². The van der Waals surface area contributed by atoms with Crippen LogP contribution in [-0.4, -0.2) is 37.0 Å². The Labute approximate surface area is 112 Å². The van der Waals surface area contributed by atoms with E-state index in [9.17, 15) is 4.79 Å². The Hall–Kier alpha value is -0.570. The first-order valence-corrected chi connectivity index (χ1v) is 7.43. The monoisotopic (exact) mass is 254 g/mol. The number of nitrogens with zero attached hydrogens (tertiary/aromatic N) is 1. The number of hydrogen-bond acceptors (Lipinski definition) is 2. The Balaban J connectivity index is 2.73. The van der Waals surface area contributed by atoms with Crippen LogP contribution in [-0.2, 0) is 4.79 Å². The maximum absolute atomic E-state index is 12.7. The number of carbonyl (C=O) groups excluding carboxylic acids is 1. The van der Waals surface area contributed by atoms with E-state index in [1.165, 1.54) is 12.8 Å². The summed E-state index contributed by atoms with van der Waals surface area (Å²) >= 11 is 0. The highest BCUT2D eigenvalue weighted by Crippen LogP contribution is 2.34. The minimum Gasteiger partial charge on any atom is -0.342 e. The van der Waals surface area contributed by atoms with Crippen molar-refractivity contribution in [3.8, 4) is 0 Å². The lowest BCUT2D eigenvalue weighted by molar-refractivity contribution is -0.144. The second-order valence-corrected chi connectivity index (χ2v) is 6.15. The van der Waals surface area contributed by atoms with Gasteiger partial charge in [-0.25, -0.2) is 0 Å². The average molecular weight is 254 g/mol. The zero-order valence-electron chi connectivity index (χ0n) is 12.8. The summed E-state index contributed by atoms with van der Waals surface area (Å²) in [6.45, 7) is 10.6. The molecule has 1 rings (SSSR count). The van der Waals surface area contributed by atoms with Crippen LogP contribution in [0.4, 0.5) is 0 Å². The van der Waals surface area contributed by atoms with E-state index >= 15 is 0 Å². The molecule has 0 radical (unpaired) electrons. The van der Waals surface area contributed by atoms with Gasteiger partial charge in [0, 0.05) is 18.5 Å². The van der Waals surface area contributed by atoms with Crippen molar-refractivity contribution < 1.29 is 4.79 Å². The lowest BCUT2D eigenvalue weighted by Crippen LogP contribution is -2.50. The zero-order valence-corrected chi connectivity index (χ0v) is 12.8. The lowest BCUT2D eigenvalue weighted by atomic mass is 9.73. The molecule has 0 aromatic heterocycles. The summed E-state index contributed by atoms with van der Waals surface area (Å²) in [7, 11) is 1.97. The van der Waals surface area contributed by atoms with Crippen LogP contribution in [0.25, 0.3) is 0 Å². The Morgan fingerprint density at radius 2 is 2.00 bits per heavy atom. The van der Waals surface area contributed by atoms with E-state index in [-0.39, 0.29) is 5.41 Å². The van der Waals surface area contributed by atoms with E-state index in [0.29, 0.717) is 17.9 Å². The molecule has 18 heavy (non-hydrogen) atoms. The van der Waals surface area contributed by atoms with Crippen molar-refractivity contribution in [1.82, 2.24) is 10.2 Å². The molecule has 106 valence electrons. The number of nitrogens with one attached hydrogen (secondary N) is 1. The van der Waals surface area contributed by atoms with Crippen molar-refractivity contribution in [2.24, 2.45) is 11.3 Å². The number of amides is 1. The fourth-order valence-corrected chi connectivity index (χ4v) is 3.10. The molecule has 0 saturated carbocycles. The second-order valence-electron chi connectivity index (χ2n) is 6.15. The molecule has 0 bridgehead atoms. The maximum Gasteiger partial charge on any atom is 0.228 e. The van der Waals surface area contributed by atoms with Gasteiger partial charge in [0.1, 0.15) is 0 Å².